The molecule has 1 N–H and O–H groups in total. The molecule has 1 aliphatic carbocycles. The predicted octanol–water partition coefficient (Wildman–Crippen LogP) is 0.747. The second-order valence-corrected chi connectivity index (χ2v) is 4.11. The highest BCUT2D eigenvalue weighted by molar-refractivity contribution is 4.85. The van der Waals surface area contributed by atoms with Gasteiger partial charge >= 0.3 is 0 Å². The van der Waals surface area contributed by atoms with Crippen molar-refractivity contribution in [3.05, 3.63) is 12.2 Å². The normalized spacial score (nSPS) is 16.9. The molecule has 1 aliphatic rings. The van der Waals surface area contributed by atoms with Gasteiger partial charge in [-0.15, -0.1) is 10.2 Å². The molecule has 4 heteroatoms. The molecule has 78 valence electrons. The molecule has 1 fully saturated rings. The van der Waals surface area contributed by atoms with Crippen molar-refractivity contribution in [2.45, 2.75) is 25.7 Å². The monoisotopic (exact) mass is 194 g/mol. The van der Waals surface area contributed by atoms with Gasteiger partial charge in [-0.3, -0.25) is 0 Å². The fraction of sp³-hybridized carbons (Fsp3) is 0.800. The van der Waals surface area contributed by atoms with E-state index in [2.05, 4.69) is 15.5 Å². The Morgan fingerprint density at radius 1 is 1.57 bits per heavy atom. The molecular weight excluding hydrogens is 176 g/mol. The number of nitrogens with zero attached hydrogens (tertiary/aromatic N) is 3. The summed E-state index contributed by atoms with van der Waals surface area (Å²) in [5, 5.41) is 11.4. The quantitative estimate of drug-likeness (QED) is 0.703. The zero-order chi connectivity index (χ0) is 9.80. The Morgan fingerprint density at radius 3 is 3.00 bits per heavy atom. The van der Waals surface area contributed by atoms with E-state index in [1.807, 2.05) is 11.6 Å². The van der Waals surface area contributed by atoms with E-state index in [1.165, 1.54) is 25.8 Å². The van der Waals surface area contributed by atoms with Crippen molar-refractivity contribution in [3.8, 4) is 0 Å². The number of hydrogen-bond donors (Lipinski definition) is 1. The molecule has 1 aromatic rings. The van der Waals surface area contributed by atoms with Crippen LogP contribution in [0.3, 0.4) is 0 Å². The number of aromatic nitrogens is 3. The molecule has 0 saturated heterocycles. The Labute approximate surface area is 84.7 Å². The van der Waals surface area contributed by atoms with Crippen LogP contribution >= 0.6 is 0 Å². The van der Waals surface area contributed by atoms with Crippen molar-refractivity contribution in [2.24, 2.45) is 13.0 Å². The van der Waals surface area contributed by atoms with Crippen molar-refractivity contribution >= 4 is 0 Å². The summed E-state index contributed by atoms with van der Waals surface area (Å²) in [6, 6.07) is 0. The lowest BCUT2D eigenvalue weighted by molar-refractivity contribution is 0.302. The van der Waals surface area contributed by atoms with E-state index >= 15 is 0 Å². The molecule has 0 atom stereocenters. The lowest BCUT2D eigenvalue weighted by Gasteiger charge is -2.25. The van der Waals surface area contributed by atoms with Crippen LogP contribution in [-0.4, -0.2) is 27.9 Å². The Hall–Kier alpha value is -0.900. The number of aryl methyl sites for hydroxylation is 1. The summed E-state index contributed by atoms with van der Waals surface area (Å²) in [5.41, 5.74) is 0. The summed E-state index contributed by atoms with van der Waals surface area (Å²) >= 11 is 0. The van der Waals surface area contributed by atoms with Gasteiger partial charge in [0.1, 0.15) is 12.2 Å². The van der Waals surface area contributed by atoms with Crippen LogP contribution in [0.25, 0.3) is 0 Å². The molecule has 1 aromatic heterocycles. The van der Waals surface area contributed by atoms with Crippen LogP contribution in [0.15, 0.2) is 6.33 Å². The minimum absolute atomic E-state index is 0.939. The Morgan fingerprint density at radius 2 is 2.43 bits per heavy atom. The van der Waals surface area contributed by atoms with Gasteiger partial charge in [0.15, 0.2) is 0 Å². The zero-order valence-corrected chi connectivity index (χ0v) is 8.74. The molecular formula is C10H18N4. The van der Waals surface area contributed by atoms with Crippen molar-refractivity contribution in [1.82, 2.24) is 20.1 Å². The first kappa shape index (κ1) is 9.65. The van der Waals surface area contributed by atoms with Crippen LogP contribution in [0.5, 0.6) is 0 Å². The third-order valence-corrected chi connectivity index (χ3v) is 2.99. The first-order valence-corrected chi connectivity index (χ1v) is 5.40. The van der Waals surface area contributed by atoms with Crippen LogP contribution < -0.4 is 5.32 Å². The van der Waals surface area contributed by atoms with Crippen molar-refractivity contribution < 1.29 is 0 Å². The topological polar surface area (TPSA) is 42.7 Å². The summed E-state index contributed by atoms with van der Waals surface area (Å²) in [6.45, 7) is 2.20. The number of hydrogen-bond acceptors (Lipinski definition) is 3. The minimum atomic E-state index is 0.939. The van der Waals surface area contributed by atoms with E-state index in [0.29, 0.717) is 0 Å². The SMILES string of the molecule is Cn1cnnc1CCNCC1CCC1. The average Bonchev–Trinajstić information content (AvgIpc) is 2.48. The molecule has 1 saturated carbocycles. The Kier molecular flexibility index (Phi) is 3.14. The van der Waals surface area contributed by atoms with E-state index in [-0.39, 0.29) is 0 Å². The van der Waals surface area contributed by atoms with E-state index < -0.39 is 0 Å². The van der Waals surface area contributed by atoms with Crippen LogP contribution in [0.2, 0.25) is 0 Å². The molecule has 0 amide bonds. The van der Waals surface area contributed by atoms with Gasteiger partial charge in [-0.2, -0.15) is 0 Å². The van der Waals surface area contributed by atoms with Crippen molar-refractivity contribution in [3.63, 3.8) is 0 Å². The highest BCUT2D eigenvalue weighted by Gasteiger charge is 2.16. The molecule has 0 bridgehead atoms. The summed E-state index contributed by atoms with van der Waals surface area (Å²) in [6.07, 6.45) is 6.98. The minimum Gasteiger partial charge on any atom is -0.321 e. The fourth-order valence-corrected chi connectivity index (χ4v) is 1.74. The number of nitrogens with one attached hydrogen (secondary N) is 1. The van der Waals surface area contributed by atoms with Gasteiger partial charge < -0.3 is 9.88 Å². The van der Waals surface area contributed by atoms with Crippen LogP contribution in [0, 0.1) is 5.92 Å². The van der Waals surface area contributed by atoms with E-state index in [1.54, 1.807) is 6.33 Å². The summed E-state index contributed by atoms with van der Waals surface area (Å²) in [4.78, 5) is 0. The molecule has 2 rings (SSSR count). The molecule has 4 nitrogen and oxygen atoms in total. The third-order valence-electron chi connectivity index (χ3n) is 2.99. The second kappa shape index (κ2) is 4.55. The van der Waals surface area contributed by atoms with E-state index in [0.717, 1.165) is 24.7 Å². The largest absolute Gasteiger partial charge is 0.321 e. The first-order valence-electron chi connectivity index (χ1n) is 5.40. The van der Waals surface area contributed by atoms with E-state index in [9.17, 15) is 0 Å². The van der Waals surface area contributed by atoms with Crippen molar-refractivity contribution in [1.29, 1.82) is 0 Å². The predicted molar refractivity (Wildman–Crippen MR) is 54.9 cm³/mol. The third kappa shape index (κ3) is 2.32. The van der Waals surface area contributed by atoms with Gasteiger partial charge in [0.05, 0.1) is 0 Å². The molecule has 0 unspecified atom stereocenters. The lowest BCUT2D eigenvalue weighted by atomic mass is 9.85. The van der Waals surface area contributed by atoms with Crippen LogP contribution in [-0.2, 0) is 13.5 Å². The maximum absolute atomic E-state index is 4.04. The standard InChI is InChI=1S/C10H18N4/c1-14-8-12-13-10(14)5-6-11-7-9-3-2-4-9/h8-9,11H,2-7H2,1H3. The highest BCUT2D eigenvalue weighted by atomic mass is 15.2. The molecule has 0 aromatic carbocycles. The second-order valence-electron chi connectivity index (χ2n) is 4.11. The Balaban J connectivity index is 1.60. The smallest absolute Gasteiger partial charge is 0.133 e. The van der Waals surface area contributed by atoms with Crippen LogP contribution in [0.4, 0.5) is 0 Å². The van der Waals surface area contributed by atoms with Gasteiger partial charge in [-0.1, -0.05) is 6.42 Å². The summed E-state index contributed by atoms with van der Waals surface area (Å²) < 4.78 is 1.98. The number of rotatable bonds is 5. The maximum Gasteiger partial charge on any atom is 0.133 e. The highest BCUT2D eigenvalue weighted by Crippen LogP contribution is 2.24. The molecule has 0 radical (unpaired) electrons. The summed E-state index contributed by atoms with van der Waals surface area (Å²) in [7, 11) is 1.99. The van der Waals surface area contributed by atoms with Crippen LogP contribution in [0.1, 0.15) is 25.1 Å². The average molecular weight is 194 g/mol. The van der Waals surface area contributed by atoms with Crippen molar-refractivity contribution in [2.75, 3.05) is 13.1 Å². The van der Waals surface area contributed by atoms with Gasteiger partial charge in [-0.05, 0) is 25.3 Å². The van der Waals surface area contributed by atoms with Gasteiger partial charge in [0.2, 0.25) is 0 Å². The van der Waals surface area contributed by atoms with Gasteiger partial charge in [0, 0.05) is 20.0 Å². The summed E-state index contributed by atoms with van der Waals surface area (Å²) in [5.74, 6) is 2.00. The zero-order valence-electron chi connectivity index (χ0n) is 8.74. The Bertz CT molecular complexity index is 277. The molecule has 1 heterocycles. The van der Waals surface area contributed by atoms with Gasteiger partial charge in [-0.25, -0.2) is 0 Å². The molecule has 14 heavy (non-hydrogen) atoms. The van der Waals surface area contributed by atoms with E-state index in [4.69, 9.17) is 0 Å². The van der Waals surface area contributed by atoms with Gasteiger partial charge in [0.25, 0.3) is 0 Å². The molecule has 0 aliphatic heterocycles. The maximum atomic E-state index is 4.04. The molecule has 0 spiro atoms. The lowest BCUT2D eigenvalue weighted by Crippen LogP contribution is -2.29. The fourth-order valence-electron chi connectivity index (χ4n) is 1.74. The first-order chi connectivity index (χ1) is 6.86.